The standard InChI is InChI=1S/C15H27N3/c1-12(2)10-18(14-6-7-14)9-8-15(3,11-16)17-13-4-5-13/h12-14,17H,4-10H2,1-3H3. The summed E-state index contributed by atoms with van der Waals surface area (Å²) in [5.41, 5.74) is -0.328. The number of rotatable bonds is 8. The van der Waals surface area contributed by atoms with Crippen LogP contribution in [0.1, 0.15) is 52.9 Å². The molecule has 102 valence electrons. The smallest absolute Gasteiger partial charge is 0.105 e. The second kappa shape index (κ2) is 5.59. The maximum Gasteiger partial charge on any atom is 0.105 e. The Labute approximate surface area is 112 Å². The van der Waals surface area contributed by atoms with Gasteiger partial charge in [0.15, 0.2) is 0 Å². The van der Waals surface area contributed by atoms with E-state index in [1.807, 2.05) is 0 Å². The summed E-state index contributed by atoms with van der Waals surface area (Å²) in [5, 5.41) is 12.9. The maximum atomic E-state index is 9.38. The van der Waals surface area contributed by atoms with Crippen LogP contribution < -0.4 is 5.32 Å². The minimum absolute atomic E-state index is 0.328. The lowest BCUT2D eigenvalue weighted by Crippen LogP contribution is -2.45. The van der Waals surface area contributed by atoms with Crippen LogP contribution >= 0.6 is 0 Å². The highest BCUT2D eigenvalue weighted by molar-refractivity contribution is 5.07. The Bertz CT molecular complexity index is 312. The van der Waals surface area contributed by atoms with Crippen molar-refractivity contribution in [2.24, 2.45) is 5.92 Å². The maximum absolute atomic E-state index is 9.38. The van der Waals surface area contributed by atoms with E-state index in [4.69, 9.17) is 0 Å². The summed E-state index contributed by atoms with van der Waals surface area (Å²) in [7, 11) is 0. The highest BCUT2D eigenvalue weighted by Crippen LogP contribution is 2.29. The van der Waals surface area contributed by atoms with E-state index in [1.54, 1.807) is 0 Å². The van der Waals surface area contributed by atoms with E-state index in [1.165, 1.54) is 32.2 Å². The summed E-state index contributed by atoms with van der Waals surface area (Å²) in [6, 6.07) is 3.89. The molecular formula is C15H27N3. The van der Waals surface area contributed by atoms with Crippen LogP contribution in [0.5, 0.6) is 0 Å². The molecular weight excluding hydrogens is 222 g/mol. The molecule has 0 aromatic carbocycles. The minimum atomic E-state index is -0.328. The SMILES string of the molecule is CC(C)CN(CCC(C)(C#N)NC1CC1)C1CC1. The Hall–Kier alpha value is -0.590. The number of nitriles is 1. The Morgan fingerprint density at radius 3 is 2.44 bits per heavy atom. The van der Waals surface area contributed by atoms with Crippen LogP contribution in [-0.2, 0) is 0 Å². The van der Waals surface area contributed by atoms with Gasteiger partial charge in [-0.3, -0.25) is 5.32 Å². The molecule has 0 aromatic heterocycles. The number of hydrogen-bond acceptors (Lipinski definition) is 3. The first kappa shape index (κ1) is 13.8. The van der Waals surface area contributed by atoms with Crippen molar-refractivity contribution in [3.05, 3.63) is 0 Å². The lowest BCUT2D eigenvalue weighted by molar-refractivity contribution is 0.212. The first-order valence-electron chi connectivity index (χ1n) is 7.45. The molecule has 0 saturated heterocycles. The molecule has 0 aromatic rings. The third kappa shape index (κ3) is 4.26. The first-order valence-corrected chi connectivity index (χ1v) is 7.45. The van der Waals surface area contributed by atoms with Gasteiger partial charge in [-0.1, -0.05) is 13.8 Å². The van der Waals surface area contributed by atoms with Gasteiger partial charge in [-0.15, -0.1) is 0 Å². The molecule has 0 heterocycles. The van der Waals surface area contributed by atoms with Crippen molar-refractivity contribution in [3.8, 4) is 6.07 Å². The zero-order valence-corrected chi connectivity index (χ0v) is 12.1. The number of nitrogens with one attached hydrogen (secondary N) is 1. The second-order valence-corrected chi connectivity index (χ2v) is 6.73. The zero-order chi connectivity index (χ0) is 13.2. The minimum Gasteiger partial charge on any atom is -0.300 e. The number of hydrogen-bond donors (Lipinski definition) is 1. The fraction of sp³-hybridized carbons (Fsp3) is 0.933. The van der Waals surface area contributed by atoms with Gasteiger partial charge in [0.1, 0.15) is 5.54 Å². The third-order valence-electron chi connectivity index (χ3n) is 3.91. The van der Waals surface area contributed by atoms with Crippen molar-refractivity contribution in [1.29, 1.82) is 5.26 Å². The van der Waals surface area contributed by atoms with Crippen molar-refractivity contribution in [3.63, 3.8) is 0 Å². The van der Waals surface area contributed by atoms with Gasteiger partial charge in [0.2, 0.25) is 0 Å². The summed E-state index contributed by atoms with van der Waals surface area (Å²) >= 11 is 0. The third-order valence-corrected chi connectivity index (χ3v) is 3.91. The van der Waals surface area contributed by atoms with E-state index in [9.17, 15) is 5.26 Å². The summed E-state index contributed by atoms with van der Waals surface area (Å²) in [5.74, 6) is 0.718. The van der Waals surface area contributed by atoms with Crippen LogP contribution in [0.4, 0.5) is 0 Å². The average Bonchev–Trinajstić information content (AvgIpc) is 3.15. The average molecular weight is 249 g/mol. The molecule has 18 heavy (non-hydrogen) atoms. The predicted molar refractivity (Wildman–Crippen MR) is 74.2 cm³/mol. The highest BCUT2D eigenvalue weighted by atomic mass is 15.2. The molecule has 0 aliphatic heterocycles. The molecule has 0 spiro atoms. The summed E-state index contributed by atoms with van der Waals surface area (Å²) in [6.45, 7) is 8.86. The largest absolute Gasteiger partial charge is 0.300 e. The van der Waals surface area contributed by atoms with Gasteiger partial charge in [0.05, 0.1) is 6.07 Å². The summed E-state index contributed by atoms with van der Waals surface area (Å²) in [4.78, 5) is 2.59. The van der Waals surface area contributed by atoms with E-state index in [2.05, 4.69) is 37.1 Å². The van der Waals surface area contributed by atoms with Gasteiger partial charge in [0.25, 0.3) is 0 Å². The first-order chi connectivity index (χ1) is 8.52. The van der Waals surface area contributed by atoms with Crippen molar-refractivity contribution in [1.82, 2.24) is 10.2 Å². The highest BCUT2D eigenvalue weighted by Gasteiger charge is 2.35. The lowest BCUT2D eigenvalue weighted by Gasteiger charge is -2.29. The Balaban J connectivity index is 1.80. The van der Waals surface area contributed by atoms with Gasteiger partial charge in [-0.05, 0) is 44.9 Å². The molecule has 0 bridgehead atoms. The Kier molecular flexibility index (Phi) is 4.29. The molecule has 2 saturated carbocycles. The monoisotopic (exact) mass is 249 g/mol. The normalized spacial score (nSPS) is 23.1. The van der Waals surface area contributed by atoms with Crippen molar-refractivity contribution >= 4 is 0 Å². The molecule has 2 aliphatic carbocycles. The van der Waals surface area contributed by atoms with Gasteiger partial charge in [-0.25, -0.2) is 0 Å². The molecule has 2 aliphatic rings. The van der Waals surface area contributed by atoms with Crippen molar-refractivity contribution in [2.75, 3.05) is 13.1 Å². The van der Waals surface area contributed by atoms with Crippen LogP contribution in [0.2, 0.25) is 0 Å². The molecule has 1 unspecified atom stereocenters. The van der Waals surface area contributed by atoms with Gasteiger partial charge in [-0.2, -0.15) is 5.26 Å². The predicted octanol–water partition coefficient (Wildman–Crippen LogP) is 2.53. The van der Waals surface area contributed by atoms with Gasteiger partial charge >= 0.3 is 0 Å². The molecule has 1 N–H and O–H groups in total. The van der Waals surface area contributed by atoms with E-state index >= 15 is 0 Å². The molecule has 3 nitrogen and oxygen atoms in total. The van der Waals surface area contributed by atoms with Gasteiger partial charge in [0, 0.05) is 25.2 Å². The molecule has 2 fully saturated rings. The Morgan fingerprint density at radius 2 is 2.00 bits per heavy atom. The fourth-order valence-corrected chi connectivity index (χ4v) is 2.54. The molecule has 1 atom stereocenters. The summed E-state index contributed by atoms with van der Waals surface area (Å²) in [6.07, 6.45) is 6.15. The van der Waals surface area contributed by atoms with Crippen molar-refractivity contribution in [2.45, 2.75) is 70.5 Å². The number of nitrogens with zero attached hydrogens (tertiary/aromatic N) is 2. The summed E-state index contributed by atoms with van der Waals surface area (Å²) < 4.78 is 0. The molecule has 2 rings (SSSR count). The van der Waals surface area contributed by atoms with E-state index in [0.29, 0.717) is 6.04 Å². The van der Waals surface area contributed by atoms with Crippen LogP contribution in [-0.4, -0.2) is 35.6 Å². The van der Waals surface area contributed by atoms with E-state index in [-0.39, 0.29) is 5.54 Å². The molecule has 0 radical (unpaired) electrons. The van der Waals surface area contributed by atoms with Crippen molar-refractivity contribution < 1.29 is 0 Å². The fourth-order valence-electron chi connectivity index (χ4n) is 2.54. The van der Waals surface area contributed by atoms with Crippen LogP contribution in [0.15, 0.2) is 0 Å². The quantitative estimate of drug-likeness (QED) is 0.718. The van der Waals surface area contributed by atoms with Crippen LogP contribution in [0.25, 0.3) is 0 Å². The zero-order valence-electron chi connectivity index (χ0n) is 12.1. The van der Waals surface area contributed by atoms with E-state index in [0.717, 1.165) is 24.9 Å². The van der Waals surface area contributed by atoms with Gasteiger partial charge < -0.3 is 4.90 Å². The van der Waals surface area contributed by atoms with Crippen LogP contribution in [0, 0.1) is 17.2 Å². The lowest BCUT2D eigenvalue weighted by atomic mass is 9.99. The Morgan fingerprint density at radius 1 is 1.33 bits per heavy atom. The topological polar surface area (TPSA) is 39.1 Å². The van der Waals surface area contributed by atoms with E-state index < -0.39 is 0 Å². The molecule has 3 heteroatoms. The van der Waals surface area contributed by atoms with Crippen LogP contribution in [0.3, 0.4) is 0 Å². The molecule has 0 amide bonds. The second-order valence-electron chi connectivity index (χ2n) is 6.73.